The molecule has 0 aliphatic heterocycles. The Morgan fingerprint density at radius 1 is 1.48 bits per heavy atom. The Bertz CT molecular complexity index is 679. The SMILES string of the molecule is COC(=O)C(Nc1nc2cc([N+](=O)[O-])ccc2o1)C(C)C. The number of benzene rings is 1. The molecule has 0 amide bonds. The van der Waals surface area contributed by atoms with Crippen LogP contribution in [0, 0.1) is 16.0 Å². The summed E-state index contributed by atoms with van der Waals surface area (Å²) in [6.45, 7) is 3.70. The molecule has 1 atom stereocenters. The third-order valence-corrected chi connectivity index (χ3v) is 2.98. The average molecular weight is 293 g/mol. The van der Waals surface area contributed by atoms with E-state index in [9.17, 15) is 14.9 Å². The van der Waals surface area contributed by atoms with Gasteiger partial charge in [-0.25, -0.2) is 4.79 Å². The lowest BCUT2D eigenvalue weighted by Gasteiger charge is -2.18. The maximum atomic E-state index is 11.7. The van der Waals surface area contributed by atoms with Gasteiger partial charge in [0.2, 0.25) is 0 Å². The maximum Gasteiger partial charge on any atom is 0.328 e. The molecule has 1 unspecified atom stereocenters. The summed E-state index contributed by atoms with van der Waals surface area (Å²) in [7, 11) is 1.30. The van der Waals surface area contributed by atoms with Crippen molar-refractivity contribution in [2.45, 2.75) is 19.9 Å². The van der Waals surface area contributed by atoms with E-state index in [-0.39, 0.29) is 17.6 Å². The number of anilines is 1. The molecule has 0 saturated carbocycles. The van der Waals surface area contributed by atoms with Crippen LogP contribution in [-0.4, -0.2) is 29.0 Å². The van der Waals surface area contributed by atoms with E-state index in [2.05, 4.69) is 10.3 Å². The Morgan fingerprint density at radius 3 is 2.76 bits per heavy atom. The van der Waals surface area contributed by atoms with Crippen molar-refractivity contribution in [2.24, 2.45) is 5.92 Å². The molecular formula is C13H15N3O5. The Labute approximate surface area is 120 Å². The second-order valence-electron chi connectivity index (χ2n) is 4.82. The number of hydrogen-bond donors (Lipinski definition) is 1. The second kappa shape index (κ2) is 5.78. The molecule has 112 valence electrons. The van der Waals surface area contributed by atoms with Gasteiger partial charge in [-0.1, -0.05) is 13.8 Å². The number of hydrogen-bond acceptors (Lipinski definition) is 7. The lowest BCUT2D eigenvalue weighted by molar-refractivity contribution is -0.384. The van der Waals surface area contributed by atoms with Gasteiger partial charge >= 0.3 is 5.97 Å². The highest BCUT2D eigenvalue weighted by atomic mass is 16.6. The molecule has 21 heavy (non-hydrogen) atoms. The minimum absolute atomic E-state index is 0.0400. The standard InChI is InChI=1S/C13H15N3O5/c1-7(2)11(12(17)20-3)15-13-14-9-6-8(16(18)19)4-5-10(9)21-13/h4-7,11H,1-3H3,(H,14,15). The van der Waals surface area contributed by atoms with Gasteiger partial charge in [0.25, 0.3) is 11.7 Å². The van der Waals surface area contributed by atoms with Gasteiger partial charge in [-0.15, -0.1) is 0 Å². The molecule has 0 spiro atoms. The smallest absolute Gasteiger partial charge is 0.328 e. The van der Waals surface area contributed by atoms with Crippen molar-refractivity contribution in [3.05, 3.63) is 28.3 Å². The molecular weight excluding hydrogens is 278 g/mol. The van der Waals surface area contributed by atoms with Crippen molar-refractivity contribution < 1.29 is 18.9 Å². The van der Waals surface area contributed by atoms with E-state index < -0.39 is 16.9 Å². The number of nitrogens with zero attached hydrogens (tertiary/aromatic N) is 2. The number of carbonyl (C=O) groups excluding carboxylic acids is 1. The number of esters is 1. The summed E-state index contributed by atoms with van der Waals surface area (Å²) in [6.07, 6.45) is 0. The fraction of sp³-hybridized carbons (Fsp3) is 0.385. The molecule has 0 radical (unpaired) electrons. The number of non-ortho nitro benzene ring substituents is 1. The monoisotopic (exact) mass is 293 g/mol. The zero-order valence-corrected chi connectivity index (χ0v) is 11.8. The molecule has 0 aliphatic carbocycles. The van der Waals surface area contributed by atoms with Crippen LogP contribution in [0.25, 0.3) is 11.1 Å². The first-order valence-corrected chi connectivity index (χ1v) is 6.31. The van der Waals surface area contributed by atoms with Gasteiger partial charge in [0, 0.05) is 12.1 Å². The highest BCUT2D eigenvalue weighted by Crippen LogP contribution is 2.24. The van der Waals surface area contributed by atoms with Gasteiger partial charge in [0.05, 0.1) is 12.0 Å². The largest absolute Gasteiger partial charge is 0.467 e. The van der Waals surface area contributed by atoms with Crippen molar-refractivity contribution in [3.63, 3.8) is 0 Å². The van der Waals surface area contributed by atoms with E-state index >= 15 is 0 Å². The predicted octanol–water partition coefficient (Wildman–Crippen LogP) is 2.35. The van der Waals surface area contributed by atoms with E-state index in [1.54, 1.807) is 0 Å². The summed E-state index contributed by atoms with van der Waals surface area (Å²) in [6, 6.07) is 3.62. The Kier molecular flexibility index (Phi) is 4.06. The van der Waals surface area contributed by atoms with Crippen LogP contribution in [-0.2, 0) is 9.53 Å². The van der Waals surface area contributed by atoms with Crippen LogP contribution in [0.5, 0.6) is 0 Å². The highest BCUT2D eigenvalue weighted by Gasteiger charge is 2.25. The van der Waals surface area contributed by atoms with Gasteiger partial charge in [-0.3, -0.25) is 10.1 Å². The van der Waals surface area contributed by atoms with Crippen LogP contribution in [0.3, 0.4) is 0 Å². The van der Waals surface area contributed by atoms with Crippen LogP contribution in [0.15, 0.2) is 22.6 Å². The highest BCUT2D eigenvalue weighted by molar-refractivity contribution is 5.80. The lowest BCUT2D eigenvalue weighted by atomic mass is 10.1. The summed E-state index contributed by atoms with van der Waals surface area (Å²) in [5, 5.41) is 13.6. The van der Waals surface area contributed by atoms with Crippen LogP contribution in [0.4, 0.5) is 11.7 Å². The first-order valence-electron chi connectivity index (χ1n) is 6.31. The molecule has 8 heteroatoms. The fourth-order valence-corrected chi connectivity index (χ4v) is 1.85. The van der Waals surface area contributed by atoms with Crippen molar-refractivity contribution in [2.75, 3.05) is 12.4 Å². The number of methoxy groups -OCH3 is 1. The third kappa shape index (κ3) is 3.10. The lowest BCUT2D eigenvalue weighted by Crippen LogP contribution is -2.35. The van der Waals surface area contributed by atoms with Crippen molar-refractivity contribution in [1.82, 2.24) is 4.98 Å². The summed E-state index contributed by atoms with van der Waals surface area (Å²) >= 11 is 0. The van der Waals surface area contributed by atoms with Gasteiger partial charge in [-0.05, 0) is 12.0 Å². The molecule has 1 N–H and O–H groups in total. The summed E-state index contributed by atoms with van der Waals surface area (Å²) in [4.78, 5) is 26.0. The molecule has 1 aromatic carbocycles. The van der Waals surface area contributed by atoms with Crippen molar-refractivity contribution >= 4 is 28.8 Å². The summed E-state index contributed by atoms with van der Waals surface area (Å²) in [5.41, 5.74) is 0.672. The molecule has 0 aliphatic rings. The van der Waals surface area contributed by atoms with Gasteiger partial charge in [-0.2, -0.15) is 4.98 Å². The number of rotatable bonds is 5. The number of nitro benzene ring substituents is 1. The number of fused-ring (bicyclic) bond motifs is 1. The molecule has 1 aromatic heterocycles. The van der Waals surface area contributed by atoms with Gasteiger partial charge in [0.1, 0.15) is 11.6 Å². The molecule has 2 rings (SSSR count). The minimum atomic E-state index is -0.613. The van der Waals surface area contributed by atoms with E-state index in [1.165, 1.54) is 25.3 Å². The summed E-state index contributed by atoms with van der Waals surface area (Å²) < 4.78 is 10.1. The van der Waals surface area contributed by atoms with Crippen LogP contribution in [0.2, 0.25) is 0 Å². The number of oxazole rings is 1. The molecule has 0 bridgehead atoms. The first-order chi connectivity index (χ1) is 9.92. The normalized spacial score (nSPS) is 12.4. The van der Waals surface area contributed by atoms with E-state index in [1.807, 2.05) is 13.8 Å². The quantitative estimate of drug-likeness (QED) is 0.512. The number of carbonyl (C=O) groups is 1. The Balaban J connectivity index is 2.30. The number of nitrogens with one attached hydrogen (secondary N) is 1. The van der Waals surface area contributed by atoms with Crippen LogP contribution >= 0.6 is 0 Å². The number of nitro groups is 1. The zero-order valence-electron chi connectivity index (χ0n) is 11.8. The maximum absolute atomic E-state index is 11.7. The Morgan fingerprint density at radius 2 is 2.19 bits per heavy atom. The zero-order chi connectivity index (χ0) is 15.6. The van der Waals surface area contributed by atoms with E-state index in [0.717, 1.165) is 0 Å². The predicted molar refractivity (Wildman–Crippen MR) is 74.9 cm³/mol. The fourth-order valence-electron chi connectivity index (χ4n) is 1.85. The Hall–Kier alpha value is -2.64. The minimum Gasteiger partial charge on any atom is -0.467 e. The molecule has 0 saturated heterocycles. The molecule has 0 fully saturated rings. The topological polar surface area (TPSA) is 108 Å². The molecule has 2 aromatic rings. The third-order valence-electron chi connectivity index (χ3n) is 2.98. The average Bonchev–Trinajstić information content (AvgIpc) is 2.84. The van der Waals surface area contributed by atoms with Crippen molar-refractivity contribution in [1.29, 1.82) is 0 Å². The summed E-state index contributed by atoms with van der Waals surface area (Å²) in [5.74, 6) is -0.472. The molecule has 1 heterocycles. The van der Waals surface area contributed by atoms with Gasteiger partial charge < -0.3 is 14.5 Å². The van der Waals surface area contributed by atoms with Crippen molar-refractivity contribution in [3.8, 4) is 0 Å². The first kappa shape index (κ1) is 14.8. The van der Waals surface area contributed by atoms with Crippen LogP contribution < -0.4 is 5.32 Å². The molecule has 8 nitrogen and oxygen atoms in total. The number of aromatic nitrogens is 1. The second-order valence-corrected chi connectivity index (χ2v) is 4.82. The van der Waals surface area contributed by atoms with E-state index in [4.69, 9.17) is 9.15 Å². The van der Waals surface area contributed by atoms with E-state index in [0.29, 0.717) is 11.1 Å². The van der Waals surface area contributed by atoms with Crippen LogP contribution in [0.1, 0.15) is 13.8 Å². The van der Waals surface area contributed by atoms with Gasteiger partial charge in [0.15, 0.2) is 5.58 Å². The number of ether oxygens (including phenoxy) is 1.